The standard InChI is InChI=1S/C20H24O4/c1-13-4-7-16-19(2,10-8-17(22)20(16,3)12-21)15(13)6-5-14-9-11-24-18(14)23/h5,9,11-12,15-16H,1,4,6-8,10H2,2-3H3/t15-,16?,19+,20+/m1/s1. The van der Waals surface area contributed by atoms with Crippen molar-refractivity contribution in [3.8, 4) is 0 Å². The van der Waals surface area contributed by atoms with Gasteiger partial charge in [0.15, 0.2) is 0 Å². The summed E-state index contributed by atoms with van der Waals surface area (Å²) in [6.07, 6.45) is 9.38. The summed E-state index contributed by atoms with van der Waals surface area (Å²) in [5, 5.41) is 0. The van der Waals surface area contributed by atoms with Crippen LogP contribution in [0.15, 0.2) is 36.1 Å². The van der Waals surface area contributed by atoms with E-state index < -0.39 is 5.41 Å². The molecule has 0 N–H and O–H groups in total. The van der Waals surface area contributed by atoms with E-state index in [1.165, 1.54) is 6.26 Å². The molecular weight excluding hydrogens is 304 g/mol. The zero-order chi connectivity index (χ0) is 17.5. The van der Waals surface area contributed by atoms with Crippen LogP contribution in [-0.2, 0) is 19.1 Å². The number of fused-ring (bicyclic) bond motifs is 1. The lowest BCUT2D eigenvalue weighted by atomic mass is 9.46. The summed E-state index contributed by atoms with van der Waals surface area (Å²) in [6, 6.07) is 0. The number of ether oxygens (including phenoxy) is 1. The highest BCUT2D eigenvalue weighted by molar-refractivity contribution is 5.99. The summed E-state index contributed by atoms with van der Waals surface area (Å²) in [5.41, 5.74) is 0.676. The highest BCUT2D eigenvalue weighted by atomic mass is 16.5. The summed E-state index contributed by atoms with van der Waals surface area (Å²) >= 11 is 0. The molecule has 1 heterocycles. The van der Waals surface area contributed by atoms with Crippen LogP contribution in [0.2, 0.25) is 0 Å². The Bertz CT molecular complexity index is 671. The van der Waals surface area contributed by atoms with Gasteiger partial charge in [0.2, 0.25) is 0 Å². The molecule has 3 rings (SSSR count). The first kappa shape index (κ1) is 16.9. The third-order valence-electron chi connectivity index (χ3n) is 6.53. The highest BCUT2D eigenvalue weighted by Crippen LogP contribution is 2.60. The fourth-order valence-electron chi connectivity index (χ4n) is 5.01. The molecule has 4 heteroatoms. The van der Waals surface area contributed by atoms with Gasteiger partial charge >= 0.3 is 5.97 Å². The molecule has 3 aliphatic rings. The van der Waals surface area contributed by atoms with Gasteiger partial charge in [-0.05, 0) is 55.9 Å². The largest absolute Gasteiger partial charge is 0.431 e. The lowest BCUT2D eigenvalue weighted by Gasteiger charge is -2.56. The molecular formula is C20H24O4. The number of carbonyl (C=O) groups is 3. The Morgan fingerprint density at radius 2 is 2.08 bits per heavy atom. The van der Waals surface area contributed by atoms with Crippen LogP contribution in [0.3, 0.4) is 0 Å². The predicted molar refractivity (Wildman–Crippen MR) is 89.8 cm³/mol. The van der Waals surface area contributed by atoms with Gasteiger partial charge in [0.05, 0.1) is 17.3 Å². The van der Waals surface area contributed by atoms with Gasteiger partial charge in [-0.3, -0.25) is 4.79 Å². The van der Waals surface area contributed by atoms with Crippen LogP contribution in [0.4, 0.5) is 0 Å². The molecule has 0 bridgehead atoms. The van der Waals surface area contributed by atoms with Crippen LogP contribution in [-0.4, -0.2) is 18.0 Å². The van der Waals surface area contributed by atoms with E-state index in [1.807, 2.05) is 6.08 Å². The smallest absolute Gasteiger partial charge is 0.342 e. The molecule has 128 valence electrons. The number of rotatable bonds is 3. The molecule has 0 aromatic rings. The molecule has 0 aromatic heterocycles. The molecule has 1 aliphatic heterocycles. The second kappa shape index (κ2) is 5.83. The minimum atomic E-state index is -0.898. The Morgan fingerprint density at radius 1 is 1.33 bits per heavy atom. The predicted octanol–water partition coefficient (Wildman–Crippen LogP) is 3.53. The molecule has 0 radical (unpaired) electrons. The first-order valence-electron chi connectivity index (χ1n) is 8.58. The Morgan fingerprint density at radius 3 is 2.71 bits per heavy atom. The summed E-state index contributed by atoms with van der Waals surface area (Å²) < 4.78 is 4.83. The van der Waals surface area contributed by atoms with Crippen LogP contribution in [0.25, 0.3) is 0 Å². The van der Waals surface area contributed by atoms with Crippen molar-refractivity contribution in [1.82, 2.24) is 0 Å². The SMILES string of the molecule is C=C1CCC2[C@](C)(C=O)C(=O)CC[C@@]2(C)[C@@H]1CC=C1C=COC1=O. The van der Waals surface area contributed by atoms with E-state index in [2.05, 4.69) is 13.5 Å². The average Bonchev–Trinajstić information content (AvgIpc) is 2.96. The third-order valence-corrected chi connectivity index (χ3v) is 6.53. The van der Waals surface area contributed by atoms with Crippen LogP contribution >= 0.6 is 0 Å². The van der Waals surface area contributed by atoms with Crippen molar-refractivity contribution in [2.75, 3.05) is 0 Å². The van der Waals surface area contributed by atoms with Gasteiger partial charge in [0.25, 0.3) is 0 Å². The Hall–Kier alpha value is -1.97. The Kier molecular flexibility index (Phi) is 4.10. The van der Waals surface area contributed by atoms with Crippen molar-refractivity contribution >= 4 is 18.0 Å². The maximum Gasteiger partial charge on any atom is 0.342 e. The third kappa shape index (κ3) is 2.40. The lowest BCUT2D eigenvalue weighted by Crippen LogP contribution is -2.55. The topological polar surface area (TPSA) is 60.4 Å². The molecule has 0 amide bonds. The number of hydrogen-bond acceptors (Lipinski definition) is 4. The lowest BCUT2D eigenvalue weighted by molar-refractivity contribution is -0.151. The number of ketones is 1. The normalized spacial score (nSPS) is 40.6. The Labute approximate surface area is 142 Å². The fraction of sp³-hybridized carbons (Fsp3) is 0.550. The van der Waals surface area contributed by atoms with Gasteiger partial charge in [-0.1, -0.05) is 25.2 Å². The fourth-order valence-corrected chi connectivity index (χ4v) is 5.01. The molecule has 1 unspecified atom stereocenters. The highest BCUT2D eigenvalue weighted by Gasteiger charge is 2.57. The number of esters is 1. The monoisotopic (exact) mass is 328 g/mol. The molecule has 2 aliphatic carbocycles. The summed E-state index contributed by atoms with van der Waals surface area (Å²) in [7, 11) is 0. The van der Waals surface area contributed by atoms with E-state index in [0.717, 1.165) is 31.1 Å². The van der Waals surface area contributed by atoms with Crippen molar-refractivity contribution in [1.29, 1.82) is 0 Å². The van der Waals surface area contributed by atoms with E-state index in [9.17, 15) is 14.4 Å². The molecule has 4 nitrogen and oxygen atoms in total. The van der Waals surface area contributed by atoms with E-state index in [-0.39, 0.29) is 29.0 Å². The van der Waals surface area contributed by atoms with Crippen molar-refractivity contribution in [2.24, 2.45) is 22.7 Å². The number of allylic oxidation sites excluding steroid dienone is 2. The van der Waals surface area contributed by atoms with E-state index in [0.29, 0.717) is 18.4 Å². The number of Topliss-reactive ketones (excluding diaryl/α,β-unsaturated/α-hetero) is 1. The maximum atomic E-state index is 12.4. The summed E-state index contributed by atoms with van der Waals surface area (Å²) in [5.74, 6) is -0.0665. The number of aldehydes is 1. The molecule has 2 saturated carbocycles. The van der Waals surface area contributed by atoms with Crippen LogP contribution in [0.1, 0.15) is 46.0 Å². The van der Waals surface area contributed by atoms with Crippen molar-refractivity contribution in [3.05, 3.63) is 36.1 Å². The van der Waals surface area contributed by atoms with Crippen molar-refractivity contribution in [3.63, 3.8) is 0 Å². The van der Waals surface area contributed by atoms with Gasteiger partial charge in [0, 0.05) is 6.42 Å². The quantitative estimate of drug-likeness (QED) is 0.261. The molecule has 0 aromatic carbocycles. The minimum Gasteiger partial charge on any atom is -0.431 e. The zero-order valence-electron chi connectivity index (χ0n) is 14.3. The molecule has 24 heavy (non-hydrogen) atoms. The first-order valence-corrected chi connectivity index (χ1v) is 8.58. The molecule has 4 atom stereocenters. The number of carbonyl (C=O) groups excluding carboxylic acids is 3. The van der Waals surface area contributed by atoms with Crippen LogP contribution in [0.5, 0.6) is 0 Å². The zero-order valence-corrected chi connectivity index (χ0v) is 14.3. The minimum absolute atomic E-state index is 0.0312. The van der Waals surface area contributed by atoms with E-state index in [4.69, 9.17) is 4.74 Å². The van der Waals surface area contributed by atoms with Crippen LogP contribution in [0, 0.1) is 22.7 Å². The van der Waals surface area contributed by atoms with Crippen molar-refractivity contribution < 1.29 is 19.1 Å². The van der Waals surface area contributed by atoms with E-state index >= 15 is 0 Å². The average molecular weight is 328 g/mol. The van der Waals surface area contributed by atoms with Gasteiger partial charge in [0.1, 0.15) is 12.1 Å². The summed E-state index contributed by atoms with van der Waals surface area (Å²) in [4.78, 5) is 35.8. The van der Waals surface area contributed by atoms with Crippen molar-refractivity contribution in [2.45, 2.75) is 46.0 Å². The van der Waals surface area contributed by atoms with Gasteiger partial charge in [-0.15, -0.1) is 0 Å². The van der Waals surface area contributed by atoms with Gasteiger partial charge in [-0.25, -0.2) is 4.79 Å². The first-order chi connectivity index (χ1) is 11.3. The Balaban J connectivity index is 1.92. The second-order valence-electron chi connectivity index (χ2n) is 7.73. The van der Waals surface area contributed by atoms with Gasteiger partial charge in [-0.2, -0.15) is 0 Å². The molecule has 2 fully saturated rings. The number of cyclic esters (lactones) is 1. The summed E-state index contributed by atoms with van der Waals surface area (Å²) in [6.45, 7) is 8.23. The van der Waals surface area contributed by atoms with Gasteiger partial charge < -0.3 is 9.53 Å². The maximum absolute atomic E-state index is 12.4. The number of hydrogen-bond donors (Lipinski definition) is 0. The van der Waals surface area contributed by atoms with Crippen LogP contribution < -0.4 is 0 Å². The van der Waals surface area contributed by atoms with E-state index in [1.54, 1.807) is 13.0 Å². The second-order valence-corrected chi connectivity index (χ2v) is 7.73. The molecule has 0 spiro atoms. The molecule has 0 saturated heterocycles.